The third-order valence-corrected chi connectivity index (χ3v) is 3.86. The van der Waals surface area contributed by atoms with Gasteiger partial charge < -0.3 is 10.1 Å². The molecule has 1 N–H and O–H groups in total. The summed E-state index contributed by atoms with van der Waals surface area (Å²) < 4.78 is 5.28. The first kappa shape index (κ1) is 9.22. The topological polar surface area (TPSA) is 21.3 Å². The van der Waals surface area contributed by atoms with Crippen molar-refractivity contribution < 1.29 is 4.74 Å². The first-order valence-electron chi connectivity index (χ1n) is 5.73. The van der Waals surface area contributed by atoms with Crippen LogP contribution >= 0.6 is 0 Å². The van der Waals surface area contributed by atoms with Crippen molar-refractivity contribution in [3.05, 3.63) is 29.3 Å². The molecule has 1 aromatic rings. The lowest BCUT2D eigenvalue weighted by Gasteiger charge is -2.27. The van der Waals surface area contributed by atoms with Gasteiger partial charge in [-0.15, -0.1) is 0 Å². The molecule has 0 spiro atoms. The predicted octanol–water partition coefficient (Wildman–Crippen LogP) is 1.63. The van der Waals surface area contributed by atoms with Crippen molar-refractivity contribution in [2.24, 2.45) is 11.8 Å². The summed E-state index contributed by atoms with van der Waals surface area (Å²) in [5.74, 6) is 2.72. The van der Waals surface area contributed by atoms with E-state index in [2.05, 4.69) is 23.5 Å². The van der Waals surface area contributed by atoms with Crippen molar-refractivity contribution in [1.82, 2.24) is 5.32 Å². The lowest BCUT2D eigenvalue weighted by Crippen LogP contribution is -2.23. The first-order valence-corrected chi connectivity index (χ1v) is 5.73. The number of rotatable bonds is 1. The smallest absolute Gasteiger partial charge is 0.119 e. The van der Waals surface area contributed by atoms with Gasteiger partial charge in [0.15, 0.2) is 0 Å². The van der Waals surface area contributed by atoms with Crippen LogP contribution in [0.15, 0.2) is 18.2 Å². The van der Waals surface area contributed by atoms with Crippen molar-refractivity contribution in [2.45, 2.75) is 12.8 Å². The van der Waals surface area contributed by atoms with E-state index in [1.54, 1.807) is 7.11 Å². The Kier molecular flexibility index (Phi) is 2.17. The minimum atomic E-state index is 0.851. The van der Waals surface area contributed by atoms with Gasteiger partial charge in [-0.3, -0.25) is 0 Å². The van der Waals surface area contributed by atoms with Crippen LogP contribution in [-0.2, 0) is 12.8 Å². The molecule has 1 saturated heterocycles. The van der Waals surface area contributed by atoms with E-state index in [4.69, 9.17) is 4.74 Å². The molecule has 1 fully saturated rings. The Balaban J connectivity index is 1.93. The zero-order chi connectivity index (χ0) is 10.3. The first-order chi connectivity index (χ1) is 7.36. The summed E-state index contributed by atoms with van der Waals surface area (Å²) in [6.45, 7) is 2.40. The Morgan fingerprint density at radius 3 is 2.60 bits per heavy atom. The standard InChI is InChI=1S/C13H17NO/c1-15-13-3-2-9-4-11-7-14-8-12(11)5-10(9)6-13/h2-3,6,11-12,14H,4-5,7-8H2,1H3/t11-,12-/m0/s1. The maximum Gasteiger partial charge on any atom is 0.119 e. The van der Waals surface area contributed by atoms with Crippen LogP contribution in [0.25, 0.3) is 0 Å². The molecule has 0 unspecified atom stereocenters. The Morgan fingerprint density at radius 2 is 1.87 bits per heavy atom. The van der Waals surface area contributed by atoms with Gasteiger partial charge in [0.1, 0.15) is 5.75 Å². The lowest BCUT2D eigenvalue weighted by molar-refractivity contribution is 0.384. The number of methoxy groups -OCH3 is 1. The molecule has 2 aliphatic rings. The van der Waals surface area contributed by atoms with Gasteiger partial charge in [0, 0.05) is 0 Å². The van der Waals surface area contributed by atoms with Gasteiger partial charge in [0.05, 0.1) is 7.11 Å². The molecule has 0 radical (unpaired) electrons. The average molecular weight is 203 g/mol. The summed E-state index contributed by atoms with van der Waals surface area (Å²) in [6.07, 6.45) is 2.47. The molecule has 1 aromatic carbocycles. The Morgan fingerprint density at radius 1 is 1.13 bits per heavy atom. The number of benzene rings is 1. The molecular weight excluding hydrogens is 186 g/mol. The van der Waals surface area contributed by atoms with Crippen LogP contribution in [0.2, 0.25) is 0 Å². The molecule has 1 aliphatic heterocycles. The second-order valence-corrected chi connectivity index (χ2v) is 4.72. The summed E-state index contributed by atoms with van der Waals surface area (Å²) >= 11 is 0. The predicted molar refractivity (Wildman–Crippen MR) is 60.3 cm³/mol. The summed E-state index contributed by atoms with van der Waals surface area (Å²) in [6, 6.07) is 6.54. The SMILES string of the molecule is COc1ccc2c(c1)C[C@H]1CNC[C@@H]1C2. The molecule has 0 bridgehead atoms. The zero-order valence-corrected chi connectivity index (χ0v) is 9.12. The van der Waals surface area contributed by atoms with Crippen molar-refractivity contribution in [1.29, 1.82) is 0 Å². The third-order valence-electron chi connectivity index (χ3n) is 3.86. The van der Waals surface area contributed by atoms with Crippen molar-refractivity contribution in [3.8, 4) is 5.75 Å². The number of hydrogen-bond donors (Lipinski definition) is 1. The van der Waals surface area contributed by atoms with Crippen molar-refractivity contribution in [2.75, 3.05) is 20.2 Å². The minimum absolute atomic E-state index is 0.851. The van der Waals surface area contributed by atoms with Crippen LogP contribution in [0.3, 0.4) is 0 Å². The molecule has 0 aromatic heterocycles. The molecule has 0 saturated carbocycles. The Hall–Kier alpha value is -1.02. The zero-order valence-electron chi connectivity index (χ0n) is 9.12. The molecule has 80 valence electrons. The quantitative estimate of drug-likeness (QED) is 0.749. The molecular formula is C13H17NO. The van der Waals surface area contributed by atoms with Gasteiger partial charge in [-0.1, -0.05) is 6.07 Å². The van der Waals surface area contributed by atoms with Crippen LogP contribution in [0.4, 0.5) is 0 Å². The fraction of sp³-hybridized carbons (Fsp3) is 0.538. The van der Waals surface area contributed by atoms with Crippen LogP contribution in [0.1, 0.15) is 11.1 Å². The van der Waals surface area contributed by atoms with Gasteiger partial charge in [0.2, 0.25) is 0 Å². The summed E-state index contributed by atoms with van der Waals surface area (Å²) in [7, 11) is 1.74. The highest BCUT2D eigenvalue weighted by atomic mass is 16.5. The highest BCUT2D eigenvalue weighted by Crippen LogP contribution is 2.33. The van der Waals surface area contributed by atoms with Gasteiger partial charge >= 0.3 is 0 Å². The monoisotopic (exact) mass is 203 g/mol. The number of ether oxygens (including phenoxy) is 1. The lowest BCUT2D eigenvalue weighted by atomic mass is 9.78. The van der Waals surface area contributed by atoms with Crippen LogP contribution < -0.4 is 10.1 Å². The molecule has 0 amide bonds. The van der Waals surface area contributed by atoms with Gasteiger partial charge in [-0.25, -0.2) is 0 Å². The number of hydrogen-bond acceptors (Lipinski definition) is 2. The van der Waals surface area contributed by atoms with Crippen molar-refractivity contribution in [3.63, 3.8) is 0 Å². The van der Waals surface area contributed by atoms with Crippen molar-refractivity contribution >= 4 is 0 Å². The fourth-order valence-electron chi connectivity index (χ4n) is 2.95. The summed E-state index contributed by atoms with van der Waals surface area (Å²) in [5, 5.41) is 3.50. The third kappa shape index (κ3) is 1.53. The van der Waals surface area contributed by atoms with Gasteiger partial charge in [0.25, 0.3) is 0 Å². The number of nitrogens with one attached hydrogen (secondary N) is 1. The Bertz CT molecular complexity index is 375. The van der Waals surface area contributed by atoms with Gasteiger partial charge in [-0.2, -0.15) is 0 Å². The fourth-order valence-corrected chi connectivity index (χ4v) is 2.95. The van der Waals surface area contributed by atoms with E-state index in [1.165, 1.54) is 37.1 Å². The van der Waals surface area contributed by atoms with Crippen LogP contribution in [0.5, 0.6) is 5.75 Å². The van der Waals surface area contributed by atoms with E-state index < -0.39 is 0 Å². The highest BCUT2D eigenvalue weighted by molar-refractivity contribution is 5.38. The largest absolute Gasteiger partial charge is 0.497 e. The molecule has 1 aliphatic carbocycles. The maximum absolute atomic E-state index is 5.28. The van der Waals surface area contributed by atoms with Crippen LogP contribution in [0, 0.1) is 11.8 Å². The normalized spacial score (nSPS) is 28.3. The molecule has 2 nitrogen and oxygen atoms in total. The summed E-state index contributed by atoms with van der Waals surface area (Å²) in [4.78, 5) is 0. The molecule has 3 rings (SSSR count). The average Bonchev–Trinajstić information content (AvgIpc) is 2.72. The maximum atomic E-state index is 5.28. The second-order valence-electron chi connectivity index (χ2n) is 4.72. The second kappa shape index (κ2) is 3.53. The van der Waals surface area contributed by atoms with E-state index in [0.29, 0.717) is 0 Å². The van der Waals surface area contributed by atoms with E-state index in [0.717, 1.165) is 17.6 Å². The van der Waals surface area contributed by atoms with E-state index in [-0.39, 0.29) is 0 Å². The van der Waals surface area contributed by atoms with Gasteiger partial charge in [-0.05, 0) is 61.0 Å². The summed E-state index contributed by atoms with van der Waals surface area (Å²) in [5.41, 5.74) is 3.03. The highest BCUT2D eigenvalue weighted by Gasteiger charge is 2.31. The minimum Gasteiger partial charge on any atom is -0.497 e. The molecule has 15 heavy (non-hydrogen) atoms. The van der Waals surface area contributed by atoms with E-state index in [1.807, 2.05) is 0 Å². The van der Waals surface area contributed by atoms with E-state index >= 15 is 0 Å². The Labute approximate surface area is 90.6 Å². The molecule has 2 heteroatoms. The molecule has 2 atom stereocenters. The molecule has 1 heterocycles. The van der Waals surface area contributed by atoms with Crippen LogP contribution in [-0.4, -0.2) is 20.2 Å². The van der Waals surface area contributed by atoms with E-state index in [9.17, 15) is 0 Å². The number of fused-ring (bicyclic) bond motifs is 2.